The molecule has 1 aromatic carbocycles. The van der Waals surface area contributed by atoms with Gasteiger partial charge >= 0.3 is 0 Å². The quantitative estimate of drug-likeness (QED) is 0.629. The number of rotatable bonds is 5. The summed E-state index contributed by atoms with van der Waals surface area (Å²) in [5, 5.41) is 3.67. The van der Waals surface area contributed by atoms with E-state index in [-0.39, 0.29) is 29.4 Å². The van der Waals surface area contributed by atoms with Crippen LogP contribution >= 0.6 is 11.3 Å². The van der Waals surface area contributed by atoms with Gasteiger partial charge in [-0.3, -0.25) is 9.59 Å². The Labute approximate surface area is 184 Å². The van der Waals surface area contributed by atoms with Gasteiger partial charge in [-0.1, -0.05) is 12.1 Å². The standard InChI is InChI=1S/C23H24FN3O3S/c1-14-6-11-19(30-14)22(28)25-13-18-5-3-4-12-27(18)23(29)20-21(31-15(2)26-20)16-7-9-17(24)10-8-16/h6-11,18H,3-5,12-13H2,1-2H3,(H,25,28). The minimum Gasteiger partial charge on any atom is -0.456 e. The van der Waals surface area contributed by atoms with E-state index in [0.717, 1.165) is 34.7 Å². The molecule has 0 radical (unpaired) electrons. The molecule has 0 aliphatic carbocycles. The van der Waals surface area contributed by atoms with Crippen molar-refractivity contribution in [3.8, 4) is 10.4 Å². The van der Waals surface area contributed by atoms with Crippen LogP contribution in [-0.4, -0.2) is 40.8 Å². The fourth-order valence-electron chi connectivity index (χ4n) is 3.84. The van der Waals surface area contributed by atoms with Crippen molar-refractivity contribution in [1.29, 1.82) is 0 Å². The topological polar surface area (TPSA) is 75.4 Å². The van der Waals surface area contributed by atoms with E-state index in [1.165, 1.54) is 23.5 Å². The van der Waals surface area contributed by atoms with Crippen molar-refractivity contribution < 1.29 is 18.4 Å². The van der Waals surface area contributed by atoms with Crippen LogP contribution in [0.2, 0.25) is 0 Å². The number of aryl methyl sites for hydroxylation is 2. The third-order valence-corrected chi connectivity index (χ3v) is 6.41. The Kier molecular flexibility index (Phi) is 6.18. The number of nitrogens with one attached hydrogen (secondary N) is 1. The summed E-state index contributed by atoms with van der Waals surface area (Å²) in [5.41, 5.74) is 1.15. The number of furan rings is 1. The van der Waals surface area contributed by atoms with Gasteiger partial charge in [0.15, 0.2) is 5.76 Å². The summed E-state index contributed by atoms with van der Waals surface area (Å²) in [5.74, 6) is 0.169. The van der Waals surface area contributed by atoms with Crippen molar-refractivity contribution in [2.24, 2.45) is 0 Å². The summed E-state index contributed by atoms with van der Waals surface area (Å²) in [4.78, 5) is 32.9. The zero-order chi connectivity index (χ0) is 22.0. The van der Waals surface area contributed by atoms with Crippen LogP contribution in [0.15, 0.2) is 40.8 Å². The van der Waals surface area contributed by atoms with Gasteiger partial charge in [0.05, 0.1) is 9.88 Å². The van der Waals surface area contributed by atoms with Crippen LogP contribution in [0.4, 0.5) is 4.39 Å². The Morgan fingerprint density at radius 2 is 1.97 bits per heavy atom. The number of thiazole rings is 1. The molecule has 2 aromatic heterocycles. The van der Waals surface area contributed by atoms with Crippen LogP contribution < -0.4 is 5.32 Å². The van der Waals surface area contributed by atoms with Gasteiger partial charge < -0.3 is 14.6 Å². The number of hydrogen-bond acceptors (Lipinski definition) is 5. The third-order valence-electron chi connectivity index (χ3n) is 5.39. The summed E-state index contributed by atoms with van der Waals surface area (Å²) in [6.45, 7) is 4.60. The summed E-state index contributed by atoms with van der Waals surface area (Å²) in [7, 11) is 0. The first-order valence-corrected chi connectivity index (χ1v) is 11.1. The van der Waals surface area contributed by atoms with E-state index in [4.69, 9.17) is 4.42 Å². The smallest absolute Gasteiger partial charge is 0.287 e. The van der Waals surface area contributed by atoms with Crippen LogP contribution in [0.25, 0.3) is 10.4 Å². The monoisotopic (exact) mass is 441 g/mol. The SMILES string of the molecule is Cc1ccc(C(=O)NCC2CCCCN2C(=O)c2nc(C)sc2-c2ccc(F)cc2)o1. The first-order chi connectivity index (χ1) is 14.9. The number of halogens is 1. The molecule has 3 heterocycles. The molecule has 2 amide bonds. The molecular weight excluding hydrogens is 417 g/mol. The van der Waals surface area contributed by atoms with Crippen LogP contribution in [0.1, 0.15) is 51.1 Å². The summed E-state index contributed by atoms with van der Waals surface area (Å²) >= 11 is 1.42. The highest BCUT2D eigenvalue weighted by molar-refractivity contribution is 7.15. The molecule has 1 aliphatic heterocycles. The number of carbonyl (C=O) groups is 2. The minimum absolute atomic E-state index is 0.121. The lowest BCUT2D eigenvalue weighted by atomic mass is 10.0. The van der Waals surface area contributed by atoms with E-state index in [0.29, 0.717) is 24.5 Å². The molecule has 6 nitrogen and oxygen atoms in total. The molecule has 0 spiro atoms. The van der Waals surface area contributed by atoms with Crippen LogP contribution in [0, 0.1) is 19.7 Å². The molecule has 1 saturated heterocycles. The Balaban J connectivity index is 1.52. The maximum atomic E-state index is 13.5. The molecule has 4 rings (SSSR count). The zero-order valence-corrected chi connectivity index (χ0v) is 18.3. The highest BCUT2D eigenvalue weighted by atomic mass is 32.1. The maximum Gasteiger partial charge on any atom is 0.287 e. The molecule has 31 heavy (non-hydrogen) atoms. The molecule has 1 fully saturated rings. The van der Waals surface area contributed by atoms with Gasteiger partial charge in [0, 0.05) is 19.1 Å². The van der Waals surface area contributed by atoms with E-state index in [1.54, 1.807) is 36.1 Å². The second-order valence-electron chi connectivity index (χ2n) is 7.69. The summed E-state index contributed by atoms with van der Waals surface area (Å²) in [6, 6.07) is 9.36. The number of carbonyl (C=O) groups excluding carboxylic acids is 2. The van der Waals surface area contributed by atoms with Gasteiger partial charge in [-0.25, -0.2) is 9.37 Å². The highest BCUT2D eigenvalue weighted by Gasteiger charge is 2.31. The van der Waals surface area contributed by atoms with Gasteiger partial charge in [0.25, 0.3) is 11.8 Å². The Morgan fingerprint density at radius 3 is 2.68 bits per heavy atom. The second-order valence-corrected chi connectivity index (χ2v) is 8.89. The summed E-state index contributed by atoms with van der Waals surface area (Å²) in [6.07, 6.45) is 2.70. The maximum absolute atomic E-state index is 13.5. The van der Waals surface area contributed by atoms with Gasteiger partial charge in [-0.2, -0.15) is 0 Å². The van der Waals surface area contributed by atoms with E-state index in [9.17, 15) is 14.0 Å². The Hall–Kier alpha value is -3.00. The molecule has 1 N–H and O–H groups in total. The predicted molar refractivity (Wildman–Crippen MR) is 117 cm³/mol. The molecule has 1 aliphatic rings. The van der Waals surface area contributed by atoms with Crippen molar-refractivity contribution in [3.63, 3.8) is 0 Å². The molecular formula is C23H24FN3O3S. The fourth-order valence-corrected chi connectivity index (χ4v) is 4.76. The highest BCUT2D eigenvalue weighted by Crippen LogP contribution is 2.32. The van der Waals surface area contributed by atoms with Gasteiger partial charge in [0.2, 0.25) is 0 Å². The van der Waals surface area contributed by atoms with E-state index < -0.39 is 0 Å². The van der Waals surface area contributed by atoms with Crippen LogP contribution in [-0.2, 0) is 0 Å². The average molecular weight is 442 g/mol. The number of piperidine rings is 1. The number of hydrogen-bond donors (Lipinski definition) is 1. The van der Waals surface area contributed by atoms with E-state index in [2.05, 4.69) is 10.3 Å². The molecule has 0 saturated carbocycles. The Bertz CT molecular complexity index is 1090. The first kappa shape index (κ1) is 21.2. The summed E-state index contributed by atoms with van der Waals surface area (Å²) < 4.78 is 18.7. The molecule has 8 heteroatoms. The largest absolute Gasteiger partial charge is 0.456 e. The van der Waals surface area contributed by atoms with Crippen LogP contribution in [0.3, 0.4) is 0 Å². The molecule has 162 valence electrons. The van der Waals surface area contributed by atoms with Gasteiger partial charge in [-0.05, 0) is 62.9 Å². The number of amides is 2. The lowest BCUT2D eigenvalue weighted by Crippen LogP contribution is -2.49. The van der Waals surface area contributed by atoms with Crippen molar-refractivity contribution in [2.75, 3.05) is 13.1 Å². The number of aromatic nitrogens is 1. The normalized spacial score (nSPS) is 16.4. The lowest BCUT2D eigenvalue weighted by molar-refractivity contribution is 0.0596. The molecule has 3 aromatic rings. The van der Waals surface area contributed by atoms with Gasteiger partial charge in [0.1, 0.15) is 17.3 Å². The van der Waals surface area contributed by atoms with Crippen molar-refractivity contribution in [3.05, 3.63) is 64.4 Å². The van der Waals surface area contributed by atoms with Gasteiger partial charge in [-0.15, -0.1) is 11.3 Å². The minimum atomic E-state index is -0.323. The number of nitrogens with zero attached hydrogens (tertiary/aromatic N) is 2. The molecule has 0 bridgehead atoms. The van der Waals surface area contributed by atoms with Crippen molar-refractivity contribution in [1.82, 2.24) is 15.2 Å². The van der Waals surface area contributed by atoms with Crippen molar-refractivity contribution >= 4 is 23.2 Å². The van der Waals surface area contributed by atoms with E-state index >= 15 is 0 Å². The number of benzene rings is 1. The molecule has 1 atom stereocenters. The van der Waals surface area contributed by atoms with E-state index in [1.807, 2.05) is 6.92 Å². The second kappa shape index (κ2) is 9.01. The molecule has 1 unspecified atom stereocenters. The first-order valence-electron chi connectivity index (χ1n) is 10.3. The Morgan fingerprint density at radius 1 is 1.19 bits per heavy atom. The fraction of sp³-hybridized carbons (Fsp3) is 0.348. The third kappa shape index (κ3) is 4.69. The van der Waals surface area contributed by atoms with Crippen LogP contribution in [0.5, 0.6) is 0 Å². The lowest BCUT2D eigenvalue weighted by Gasteiger charge is -2.35. The number of likely N-dealkylation sites (tertiary alicyclic amines) is 1. The predicted octanol–water partition coefficient (Wildman–Crippen LogP) is 4.58. The average Bonchev–Trinajstić information content (AvgIpc) is 3.38. The zero-order valence-electron chi connectivity index (χ0n) is 17.5. The van der Waals surface area contributed by atoms with Crippen molar-refractivity contribution in [2.45, 2.75) is 39.2 Å².